The lowest BCUT2D eigenvalue weighted by Gasteiger charge is -2.37. The Labute approximate surface area is 199 Å². The highest BCUT2D eigenvalue weighted by atomic mass is 19.3. The van der Waals surface area contributed by atoms with E-state index in [-0.39, 0.29) is 24.4 Å². The van der Waals surface area contributed by atoms with Crippen molar-refractivity contribution in [2.45, 2.75) is 31.7 Å². The number of hydrogen-bond donors (Lipinski definition) is 1. The van der Waals surface area contributed by atoms with E-state index in [1.54, 1.807) is 60.8 Å². The number of rotatable bonds is 9. The van der Waals surface area contributed by atoms with Crippen LogP contribution in [0.2, 0.25) is 0 Å². The van der Waals surface area contributed by atoms with Gasteiger partial charge in [-0.1, -0.05) is 48.5 Å². The van der Waals surface area contributed by atoms with Gasteiger partial charge in [-0.3, -0.25) is 14.4 Å². The summed E-state index contributed by atoms with van der Waals surface area (Å²) >= 11 is 0. The van der Waals surface area contributed by atoms with Gasteiger partial charge in [-0.15, -0.1) is 0 Å². The van der Waals surface area contributed by atoms with Gasteiger partial charge in [-0.25, -0.2) is 4.68 Å². The maximum Gasteiger partial charge on any atom is 0.387 e. The lowest BCUT2D eigenvalue weighted by molar-refractivity contribution is -0.141. The largest absolute Gasteiger partial charge is 0.434 e. The molecule has 10 heteroatoms. The zero-order valence-corrected chi connectivity index (χ0v) is 18.5. The summed E-state index contributed by atoms with van der Waals surface area (Å²) in [6, 6.07) is 15.7. The van der Waals surface area contributed by atoms with Crippen LogP contribution in [0.5, 0.6) is 5.75 Å². The molecule has 0 aliphatic carbocycles. The van der Waals surface area contributed by atoms with E-state index in [0.29, 0.717) is 11.3 Å². The predicted octanol–water partition coefficient (Wildman–Crippen LogP) is 3.10. The number of amides is 1. The second-order valence-electron chi connectivity index (χ2n) is 7.87. The number of nitrogens with zero attached hydrogens (tertiary/aromatic N) is 3. The number of alkyl halides is 2. The van der Waals surface area contributed by atoms with E-state index in [4.69, 9.17) is 5.73 Å². The van der Waals surface area contributed by atoms with Crippen LogP contribution in [0, 0.1) is 0 Å². The molecule has 3 aromatic rings. The molecule has 0 bridgehead atoms. The number of carbonyl (C=O) groups is 3. The fraction of sp³-hybridized carbons (Fsp3) is 0.200. The quantitative estimate of drug-likeness (QED) is 0.472. The minimum absolute atomic E-state index is 0.0645. The number of carbonyl (C=O) groups excluding carboxylic acids is 3. The van der Waals surface area contributed by atoms with Crippen LogP contribution in [0.3, 0.4) is 0 Å². The molecule has 1 aliphatic rings. The summed E-state index contributed by atoms with van der Waals surface area (Å²) in [7, 11) is 0. The monoisotopic (exact) mass is 480 g/mol. The minimum Gasteiger partial charge on any atom is -0.434 e. The molecule has 8 nitrogen and oxygen atoms in total. The number of aromatic nitrogens is 2. The van der Waals surface area contributed by atoms with Gasteiger partial charge in [0.25, 0.3) is 5.91 Å². The summed E-state index contributed by atoms with van der Waals surface area (Å²) in [5, 5.41) is 4.43. The number of nitrogens with two attached hydrogens (primary N) is 1. The van der Waals surface area contributed by atoms with Gasteiger partial charge in [0.1, 0.15) is 11.8 Å². The molecule has 1 aromatic heterocycles. The van der Waals surface area contributed by atoms with E-state index < -0.39 is 30.5 Å². The van der Waals surface area contributed by atoms with Crippen molar-refractivity contribution in [3.63, 3.8) is 0 Å². The topological polar surface area (TPSA) is 108 Å². The number of para-hydroxylation sites is 1. The first-order valence-corrected chi connectivity index (χ1v) is 10.8. The number of halogens is 2. The lowest BCUT2D eigenvalue weighted by atomic mass is 9.98. The molecule has 0 saturated carbocycles. The summed E-state index contributed by atoms with van der Waals surface area (Å²) in [6.45, 7) is -3.02. The second kappa shape index (κ2) is 10.3. The summed E-state index contributed by atoms with van der Waals surface area (Å²) in [5.74, 6) is -2.29. The molecule has 2 atom stereocenters. The SMILES string of the molecule is NC(=O)C(=O)C(Cc1ccccc1)N1C=CCC(=O)C1n1ccc(-c2ccccc2OC(F)F)n1. The number of ether oxygens (including phenoxy) is 1. The number of benzene rings is 2. The maximum absolute atomic E-state index is 13.0. The molecule has 0 saturated heterocycles. The van der Waals surface area contributed by atoms with Gasteiger partial charge in [0.15, 0.2) is 11.9 Å². The third-order valence-corrected chi connectivity index (χ3v) is 5.58. The Kier molecular flexibility index (Phi) is 7.00. The first-order chi connectivity index (χ1) is 16.8. The number of ketones is 2. The van der Waals surface area contributed by atoms with Gasteiger partial charge < -0.3 is 15.4 Å². The van der Waals surface area contributed by atoms with Crippen LogP contribution in [0.1, 0.15) is 18.2 Å². The van der Waals surface area contributed by atoms with Gasteiger partial charge in [0.05, 0.1) is 5.69 Å². The van der Waals surface area contributed by atoms with Gasteiger partial charge in [0.2, 0.25) is 5.78 Å². The zero-order chi connectivity index (χ0) is 24.9. The molecular formula is C25H22F2N4O4. The van der Waals surface area contributed by atoms with Crippen molar-refractivity contribution in [1.82, 2.24) is 14.7 Å². The summed E-state index contributed by atoms with van der Waals surface area (Å²) in [6.07, 6.45) is 3.86. The Balaban J connectivity index is 1.71. The molecule has 0 fully saturated rings. The average Bonchev–Trinajstić information content (AvgIpc) is 3.32. The molecular weight excluding hydrogens is 458 g/mol. The molecule has 180 valence electrons. The fourth-order valence-electron chi connectivity index (χ4n) is 4.03. The van der Waals surface area contributed by atoms with E-state index in [1.807, 2.05) is 6.07 Å². The van der Waals surface area contributed by atoms with E-state index >= 15 is 0 Å². The first kappa shape index (κ1) is 23.8. The van der Waals surface area contributed by atoms with E-state index in [1.165, 1.54) is 21.8 Å². The standard InChI is InChI=1S/C25H22F2N4O4/c26-25(27)35-21-11-5-4-9-17(21)18-12-14-31(29-18)24-20(32)10-6-13-30(24)19(22(33)23(28)34)15-16-7-2-1-3-8-16/h1-9,11-14,19,24-25H,10,15H2,(H2,28,34). The Morgan fingerprint density at radius 1 is 1.09 bits per heavy atom. The highest BCUT2D eigenvalue weighted by Gasteiger charge is 2.38. The minimum atomic E-state index is -3.02. The summed E-state index contributed by atoms with van der Waals surface area (Å²) < 4.78 is 31.6. The van der Waals surface area contributed by atoms with Crippen LogP contribution in [-0.2, 0) is 20.8 Å². The molecule has 35 heavy (non-hydrogen) atoms. The van der Waals surface area contributed by atoms with Crippen molar-refractivity contribution in [2.24, 2.45) is 5.73 Å². The molecule has 1 amide bonds. The van der Waals surface area contributed by atoms with E-state index in [9.17, 15) is 23.2 Å². The molecule has 2 aromatic carbocycles. The molecule has 2 N–H and O–H groups in total. The number of Topliss-reactive ketones (excluding diaryl/α,β-unsaturated/α-hetero) is 2. The predicted molar refractivity (Wildman–Crippen MR) is 122 cm³/mol. The Morgan fingerprint density at radius 3 is 2.51 bits per heavy atom. The highest BCUT2D eigenvalue weighted by Crippen LogP contribution is 2.32. The number of hydrogen-bond acceptors (Lipinski definition) is 6. The van der Waals surface area contributed by atoms with Crippen molar-refractivity contribution in [3.8, 4) is 17.0 Å². The highest BCUT2D eigenvalue weighted by molar-refractivity contribution is 6.37. The first-order valence-electron chi connectivity index (χ1n) is 10.8. The molecule has 0 radical (unpaired) electrons. The maximum atomic E-state index is 13.0. The van der Waals surface area contributed by atoms with Crippen molar-refractivity contribution in [3.05, 3.63) is 84.7 Å². The number of allylic oxidation sites excluding steroid dienone is 1. The van der Waals surface area contributed by atoms with Gasteiger partial charge in [-0.2, -0.15) is 13.9 Å². The van der Waals surface area contributed by atoms with E-state index in [2.05, 4.69) is 9.84 Å². The van der Waals surface area contributed by atoms with Crippen LogP contribution in [0.25, 0.3) is 11.3 Å². The van der Waals surface area contributed by atoms with E-state index in [0.717, 1.165) is 5.56 Å². The Hall–Kier alpha value is -4.34. The van der Waals surface area contributed by atoms with Gasteiger partial charge in [0, 0.05) is 24.6 Å². The third-order valence-electron chi connectivity index (χ3n) is 5.58. The van der Waals surface area contributed by atoms with Crippen LogP contribution in [-0.4, -0.2) is 44.8 Å². The van der Waals surface area contributed by atoms with Crippen LogP contribution < -0.4 is 10.5 Å². The van der Waals surface area contributed by atoms with Crippen LogP contribution in [0.4, 0.5) is 8.78 Å². The van der Waals surface area contributed by atoms with Crippen LogP contribution in [0.15, 0.2) is 79.1 Å². The molecule has 2 heterocycles. The third kappa shape index (κ3) is 5.26. The smallest absolute Gasteiger partial charge is 0.387 e. The average molecular weight is 480 g/mol. The summed E-state index contributed by atoms with van der Waals surface area (Å²) in [5.41, 5.74) is 6.71. The normalized spacial score (nSPS) is 16.4. The number of primary amides is 1. The van der Waals surface area contributed by atoms with Crippen molar-refractivity contribution >= 4 is 17.5 Å². The molecule has 1 aliphatic heterocycles. The summed E-state index contributed by atoms with van der Waals surface area (Å²) in [4.78, 5) is 39.1. The Bertz CT molecular complexity index is 1260. The van der Waals surface area contributed by atoms with Crippen LogP contribution >= 0.6 is 0 Å². The Morgan fingerprint density at radius 2 is 1.80 bits per heavy atom. The second-order valence-corrected chi connectivity index (χ2v) is 7.87. The molecule has 2 unspecified atom stereocenters. The lowest BCUT2D eigenvalue weighted by Crippen LogP contribution is -2.51. The van der Waals surface area contributed by atoms with Crippen molar-refractivity contribution in [2.75, 3.05) is 0 Å². The van der Waals surface area contributed by atoms with Crippen molar-refractivity contribution < 1.29 is 27.9 Å². The molecule has 4 rings (SSSR count). The van der Waals surface area contributed by atoms with Gasteiger partial charge in [-0.05, 0) is 30.0 Å². The van der Waals surface area contributed by atoms with Crippen molar-refractivity contribution in [1.29, 1.82) is 0 Å². The molecule has 0 spiro atoms. The van der Waals surface area contributed by atoms with Gasteiger partial charge >= 0.3 is 6.61 Å². The fourth-order valence-corrected chi connectivity index (χ4v) is 4.03. The zero-order valence-electron chi connectivity index (χ0n) is 18.5.